The summed E-state index contributed by atoms with van der Waals surface area (Å²) < 4.78 is 29.1. The van der Waals surface area contributed by atoms with Crippen LogP contribution in [0.5, 0.6) is 5.75 Å². The zero-order chi connectivity index (χ0) is 17.7. The van der Waals surface area contributed by atoms with Gasteiger partial charge in [-0.1, -0.05) is 6.07 Å². The van der Waals surface area contributed by atoms with E-state index < -0.39 is 20.6 Å². The minimum absolute atomic E-state index is 0.190. The molecule has 24 heavy (non-hydrogen) atoms. The van der Waals surface area contributed by atoms with Crippen molar-refractivity contribution in [2.45, 2.75) is 31.1 Å². The number of sulfone groups is 1. The first-order chi connectivity index (χ1) is 11.1. The molecule has 2 aromatic rings. The number of aromatic amines is 1. The van der Waals surface area contributed by atoms with E-state index in [1.165, 1.54) is 6.26 Å². The van der Waals surface area contributed by atoms with E-state index in [4.69, 9.17) is 4.74 Å². The van der Waals surface area contributed by atoms with Crippen molar-refractivity contribution in [1.29, 1.82) is 0 Å². The van der Waals surface area contributed by atoms with Gasteiger partial charge in [0.1, 0.15) is 11.4 Å². The number of benzene rings is 1. The number of fused-ring (bicyclic) bond motifs is 1. The van der Waals surface area contributed by atoms with E-state index in [-0.39, 0.29) is 12.5 Å². The second-order valence-electron chi connectivity index (χ2n) is 6.99. The summed E-state index contributed by atoms with van der Waals surface area (Å²) in [7, 11) is -1.59. The SMILES string of the molecule is COc1cccc2[nH]c(C(=O)N3CC(S(C)(=O)=O)CC3(C)C)cc12. The van der Waals surface area contributed by atoms with Crippen molar-refractivity contribution in [3.8, 4) is 5.75 Å². The number of carbonyl (C=O) groups excluding carboxylic acids is 1. The second kappa shape index (κ2) is 5.51. The van der Waals surface area contributed by atoms with Gasteiger partial charge in [-0.25, -0.2) is 8.42 Å². The Balaban J connectivity index is 1.97. The van der Waals surface area contributed by atoms with Gasteiger partial charge in [-0.3, -0.25) is 4.79 Å². The fourth-order valence-corrected chi connectivity index (χ4v) is 4.52. The number of carbonyl (C=O) groups is 1. The highest BCUT2D eigenvalue weighted by Crippen LogP contribution is 2.34. The highest BCUT2D eigenvalue weighted by molar-refractivity contribution is 7.91. The van der Waals surface area contributed by atoms with Gasteiger partial charge in [-0.2, -0.15) is 0 Å². The lowest BCUT2D eigenvalue weighted by Gasteiger charge is -2.30. The molecule has 1 unspecified atom stereocenters. The van der Waals surface area contributed by atoms with E-state index in [1.807, 2.05) is 32.0 Å². The summed E-state index contributed by atoms with van der Waals surface area (Å²) in [4.78, 5) is 17.7. The van der Waals surface area contributed by atoms with Gasteiger partial charge >= 0.3 is 0 Å². The molecule has 1 aromatic heterocycles. The number of nitrogens with zero attached hydrogens (tertiary/aromatic N) is 1. The van der Waals surface area contributed by atoms with Crippen molar-refractivity contribution in [2.75, 3.05) is 19.9 Å². The Morgan fingerprint density at radius 3 is 2.67 bits per heavy atom. The lowest BCUT2D eigenvalue weighted by molar-refractivity contribution is 0.0647. The lowest BCUT2D eigenvalue weighted by atomic mass is 10.0. The van der Waals surface area contributed by atoms with Crippen LogP contribution in [-0.2, 0) is 9.84 Å². The number of aromatic nitrogens is 1. The van der Waals surface area contributed by atoms with Crippen LogP contribution in [0.4, 0.5) is 0 Å². The van der Waals surface area contributed by atoms with E-state index in [0.717, 1.165) is 10.9 Å². The van der Waals surface area contributed by atoms with Crippen LogP contribution in [0, 0.1) is 0 Å². The molecule has 1 amide bonds. The highest BCUT2D eigenvalue weighted by Gasteiger charge is 2.45. The lowest BCUT2D eigenvalue weighted by Crippen LogP contribution is -2.43. The van der Waals surface area contributed by atoms with E-state index in [1.54, 1.807) is 18.1 Å². The van der Waals surface area contributed by atoms with E-state index >= 15 is 0 Å². The Morgan fingerprint density at radius 1 is 1.38 bits per heavy atom. The standard InChI is InChI=1S/C17H22N2O4S/c1-17(2)9-11(24(4,21)22)10-19(17)16(20)14-8-12-13(18-14)6-5-7-15(12)23-3/h5-8,11,18H,9-10H2,1-4H3. The first-order valence-corrected chi connectivity index (χ1v) is 9.75. The molecule has 1 aromatic carbocycles. The summed E-state index contributed by atoms with van der Waals surface area (Å²) in [6, 6.07) is 7.33. The van der Waals surface area contributed by atoms with Gasteiger partial charge in [0.2, 0.25) is 0 Å². The van der Waals surface area contributed by atoms with Crippen molar-refractivity contribution >= 4 is 26.6 Å². The van der Waals surface area contributed by atoms with Crippen LogP contribution in [-0.4, -0.2) is 54.9 Å². The fourth-order valence-electron chi connectivity index (χ4n) is 3.39. The van der Waals surface area contributed by atoms with E-state index in [2.05, 4.69) is 4.98 Å². The molecule has 2 heterocycles. The summed E-state index contributed by atoms with van der Waals surface area (Å²) in [5.41, 5.74) is 0.748. The summed E-state index contributed by atoms with van der Waals surface area (Å²) in [6.45, 7) is 4.02. The predicted octanol–water partition coefficient (Wildman–Crippen LogP) is 2.21. The Hall–Kier alpha value is -2.02. The molecule has 0 spiro atoms. The van der Waals surface area contributed by atoms with Crippen molar-refractivity contribution in [2.24, 2.45) is 0 Å². The average Bonchev–Trinajstić information content (AvgIpc) is 3.06. The molecule has 0 saturated carbocycles. The fraction of sp³-hybridized carbons (Fsp3) is 0.471. The Kier molecular flexibility index (Phi) is 3.86. The van der Waals surface area contributed by atoms with Gasteiger partial charge in [0.25, 0.3) is 5.91 Å². The van der Waals surface area contributed by atoms with Gasteiger partial charge in [-0.05, 0) is 38.5 Å². The maximum Gasteiger partial charge on any atom is 0.270 e. The van der Waals surface area contributed by atoms with Crippen LogP contribution in [0.25, 0.3) is 10.9 Å². The monoisotopic (exact) mass is 350 g/mol. The zero-order valence-corrected chi connectivity index (χ0v) is 15.1. The van der Waals surface area contributed by atoms with Gasteiger partial charge in [-0.15, -0.1) is 0 Å². The quantitative estimate of drug-likeness (QED) is 0.920. The number of rotatable bonds is 3. The third kappa shape index (κ3) is 2.77. The van der Waals surface area contributed by atoms with Crippen molar-refractivity contribution in [3.63, 3.8) is 0 Å². The molecule has 1 N–H and O–H groups in total. The third-order valence-electron chi connectivity index (χ3n) is 4.77. The van der Waals surface area contributed by atoms with Crippen LogP contribution < -0.4 is 4.74 Å². The molecule has 3 rings (SSSR count). The highest BCUT2D eigenvalue weighted by atomic mass is 32.2. The molecule has 1 fully saturated rings. The van der Waals surface area contributed by atoms with Gasteiger partial charge < -0.3 is 14.6 Å². The van der Waals surface area contributed by atoms with Crippen LogP contribution in [0.2, 0.25) is 0 Å². The smallest absolute Gasteiger partial charge is 0.270 e. The molecule has 0 bridgehead atoms. The molecule has 0 aliphatic carbocycles. The van der Waals surface area contributed by atoms with Gasteiger partial charge in [0.05, 0.1) is 12.4 Å². The Labute approximate surface area is 141 Å². The molecule has 1 aliphatic heterocycles. The summed E-state index contributed by atoms with van der Waals surface area (Å²) in [5.74, 6) is 0.502. The second-order valence-corrected chi connectivity index (χ2v) is 9.31. The van der Waals surface area contributed by atoms with Crippen LogP contribution in [0.15, 0.2) is 24.3 Å². The number of likely N-dealkylation sites (tertiary alicyclic amines) is 1. The number of hydrogen-bond donors (Lipinski definition) is 1. The number of ether oxygens (including phenoxy) is 1. The molecular weight excluding hydrogens is 328 g/mol. The molecule has 7 heteroatoms. The number of hydrogen-bond acceptors (Lipinski definition) is 4. The summed E-state index contributed by atoms with van der Waals surface area (Å²) >= 11 is 0. The molecule has 1 saturated heterocycles. The maximum atomic E-state index is 13.0. The minimum Gasteiger partial charge on any atom is -0.496 e. The number of amides is 1. The van der Waals surface area contributed by atoms with E-state index in [9.17, 15) is 13.2 Å². The largest absolute Gasteiger partial charge is 0.496 e. The summed E-state index contributed by atoms with van der Waals surface area (Å²) in [6.07, 6.45) is 1.68. The van der Waals surface area contributed by atoms with Crippen LogP contribution in [0.1, 0.15) is 30.8 Å². The van der Waals surface area contributed by atoms with E-state index in [0.29, 0.717) is 17.9 Å². The Morgan fingerprint density at radius 2 is 2.08 bits per heavy atom. The molecule has 1 atom stereocenters. The minimum atomic E-state index is -3.18. The van der Waals surface area contributed by atoms with Gasteiger partial charge in [0, 0.05) is 29.2 Å². The molecule has 1 aliphatic rings. The topological polar surface area (TPSA) is 79.5 Å². The molecule has 0 radical (unpaired) electrons. The van der Waals surface area contributed by atoms with Crippen molar-refractivity contribution < 1.29 is 17.9 Å². The summed E-state index contributed by atoms with van der Waals surface area (Å²) in [5, 5.41) is 0.315. The van der Waals surface area contributed by atoms with Crippen molar-refractivity contribution in [1.82, 2.24) is 9.88 Å². The maximum absolute atomic E-state index is 13.0. The molecule has 6 nitrogen and oxygen atoms in total. The van der Waals surface area contributed by atoms with Crippen molar-refractivity contribution in [3.05, 3.63) is 30.0 Å². The first-order valence-electron chi connectivity index (χ1n) is 7.80. The Bertz CT molecular complexity index is 898. The number of nitrogens with one attached hydrogen (secondary N) is 1. The first kappa shape index (κ1) is 16.8. The number of methoxy groups -OCH3 is 1. The van der Waals surface area contributed by atoms with Gasteiger partial charge in [0.15, 0.2) is 9.84 Å². The normalized spacial score (nSPS) is 20.5. The average molecular weight is 350 g/mol. The predicted molar refractivity (Wildman–Crippen MR) is 93.2 cm³/mol. The van der Waals surface area contributed by atoms with Crippen LogP contribution >= 0.6 is 0 Å². The zero-order valence-electron chi connectivity index (χ0n) is 14.3. The molecular formula is C17H22N2O4S. The third-order valence-corrected chi connectivity index (χ3v) is 6.30. The number of H-pyrrole nitrogens is 1. The molecule has 130 valence electrons. The van der Waals surface area contributed by atoms with Crippen LogP contribution in [0.3, 0.4) is 0 Å².